The molecule has 0 aromatic carbocycles. The summed E-state index contributed by atoms with van der Waals surface area (Å²) in [6.45, 7) is 6.97. The van der Waals surface area contributed by atoms with E-state index in [0.29, 0.717) is 0 Å². The van der Waals surface area contributed by atoms with E-state index in [1.807, 2.05) is 0 Å². The fraction of sp³-hybridized carbons (Fsp3) is 0.923. The second kappa shape index (κ2) is 22.8. The first-order chi connectivity index (χ1) is 12.8. The van der Waals surface area contributed by atoms with Crippen LogP contribution in [0.4, 0.5) is 0 Å². The minimum atomic E-state index is 0.970. The van der Waals surface area contributed by atoms with Crippen LogP contribution in [0, 0.1) is 5.92 Å². The molecule has 0 heterocycles. The second-order valence-electron chi connectivity index (χ2n) is 8.50. The van der Waals surface area contributed by atoms with Gasteiger partial charge in [-0.05, 0) is 31.6 Å². The van der Waals surface area contributed by atoms with Crippen LogP contribution >= 0.6 is 0 Å². The van der Waals surface area contributed by atoms with Gasteiger partial charge in [-0.3, -0.25) is 0 Å². The normalized spacial score (nSPS) is 12.9. The van der Waals surface area contributed by atoms with Crippen molar-refractivity contribution in [3.8, 4) is 0 Å². The molecule has 0 N–H and O–H groups in total. The van der Waals surface area contributed by atoms with Gasteiger partial charge in [-0.1, -0.05) is 136 Å². The summed E-state index contributed by atoms with van der Waals surface area (Å²) in [6, 6.07) is 0. The highest BCUT2D eigenvalue weighted by Gasteiger charge is 2.04. The van der Waals surface area contributed by atoms with Crippen LogP contribution in [0.25, 0.3) is 0 Å². The molecule has 0 radical (unpaired) electrons. The van der Waals surface area contributed by atoms with Crippen molar-refractivity contribution in [2.45, 2.75) is 149 Å². The Bertz CT molecular complexity index is 265. The van der Waals surface area contributed by atoms with Gasteiger partial charge in [0.15, 0.2) is 0 Å². The summed E-state index contributed by atoms with van der Waals surface area (Å²) in [7, 11) is 0. The molecule has 0 aliphatic heterocycles. The summed E-state index contributed by atoms with van der Waals surface area (Å²) < 4.78 is 0. The predicted octanol–water partition coefficient (Wildman–Crippen LogP) is 10.0. The summed E-state index contributed by atoms with van der Waals surface area (Å²) in [5.74, 6) is 0.970. The number of hydrogen-bond acceptors (Lipinski definition) is 0. The third-order valence-corrected chi connectivity index (χ3v) is 5.93. The molecule has 0 aliphatic carbocycles. The Morgan fingerprint density at radius 1 is 0.462 bits per heavy atom. The maximum Gasteiger partial charge on any atom is -0.0348 e. The molecule has 1 unspecified atom stereocenters. The molecular formula is C26H52. The molecule has 1 atom stereocenters. The van der Waals surface area contributed by atoms with Crippen molar-refractivity contribution in [1.82, 2.24) is 0 Å². The van der Waals surface area contributed by atoms with E-state index >= 15 is 0 Å². The zero-order valence-electron chi connectivity index (χ0n) is 18.9. The lowest BCUT2D eigenvalue weighted by Gasteiger charge is -2.12. The van der Waals surface area contributed by atoms with Gasteiger partial charge in [-0.2, -0.15) is 0 Å². The average Bonchev–Trinajstić information content (AvgIpc) is 2.66. The zero-order valence-corrected chi connectivity index (χ0v) is 18.9. The standard InChI is InChI=1S/C26H52/c1-4-7-9-10-11-12-13-14-15-16-17-18-19-20-21-23-25-26(6-3)24-22-8-5-2/h20-21,26H,4-19,22-25H2,1-3H3/b21-20+. The van der Waals surface area contributed by atoms with Crippen molar-refractivity contribution in [2.24, 2.45) is 5.92 Å². The van der Waals surface area contributed by atoms with E-state index in [1.165, 1.54) is 128 Å². The minimum absolute atomic E-state index is 0.970. The van der Waals surface area contributed by atoms with Gasteiger partial charge in [0.2, 0.25) is 0 Å². The van der Waals surface area contributed by atoms with Crippen molar-refractivity contribution in [3.63, 3.8) is 0 Å². The molecule has 0 heteroatoms. The van der Waals surface area contributed by atoms with Gasteiger partial charge in [-0.15, -0.1) is 0 Å². The highest BCUT2D eigenvalue weighted by molar-refractivity contribution is 4.82. The van der Waals surface area contributed by atoms with Crippen LogP contribution in [0.1, 0.15) is 149 Å². The van der Waals surface area contributed by atoms with Crippen molar-refractivity contribution in [1.29, 1.82) is 0 Å². The Hall–Kier alpha value is -0.260. The Kier molecular flexibility index (Phi) is 22.6. The molecule has 0 rings (SSSR count). The molecule has 0 aliphatic rings. The molecule has 0 nitrogen and oxygen atoms in total. The van der Waals surface area contributed by atoms with E-state index in [4.69, 9.17) is 0 Å². The average molecular weight is 365 g/mol. The second-order valence-corrected chi connectivity index (χ2v) is 8.50. The number of allylic oxidation sites excluding steroid dienone is 2. The van der Waals surface area contributed by atoms with Crippen LogP contribution in [0.2, 0.25) is 0 Å². The topological polar surface area (TPSA) is 0 Å². The summed E-state index contributed by atoms with van der Waals surface area (Å²) >= 11 is 0. The third kappa shape index (κ3) is 20.1. The minimum Gasteiger partial charge on any atom is -0.0885 e. The SMILES string of the molecule is CCCCCCCCCCCCCC/C=C/CCC(CC)CCCCC. The summed E-state index contributed by atoms with van der Waals surface area (Å²) in [6.07, 6.45) is 33.4. The van der Waals surface area contributed by atoms with E-state index in [1.54, 1.807) is 0 Å². The lowest BCUT2D eigenvalue weighted by atomic mass is 9.94. The monoisotopic (exact) mass is 364 g/mol. The van der Waals surface area contributed by atoms with Crippen LogP contribution in [0.15, 0.2) is 12.2 Å². The quantitative estimate of drug-likeness (QED) is 0.140. The molecular weight excluding hydrogens is 312 g/mol. The van der Waals surface area contributed by atoms with E-state index in [-0.39, 0.29) is 0 Å². The van der Waals surface area contributed by atoms with Crippen LogP contribution in [0.5, 0.6) is 0 Å². The fourth-order valence-electron chi connectivity index (χ4n) is 3.91. The van der Waals surface area contributed by atoms with Gasteiger partial charge in [0.1, 0.15) is 0 Å². The van der Waals surface area contributed by atoms with E-state index in [2.05, 4.69) is 32.9 Å². The van der Waals surface area contributed by atoms with Crippen molar-refractivity contribution < 1.29 is 0 Å². The van der Waals surface area contributed by atoms with Gasteiger partial charge >= 0.3 is 0 Å². The van der Waals surface area contributed by atoms with E-state index in [9.17, 15) is 0 Å². The molecule has 156 valence electrons. The van der Waals surface area contributed by atoms with Crippen molar-refractivity contribution in [3.05, 3.63) is 12.2 Å². The Labute approximate surface area is 167 Å². The number of hydrogen-bond donors (Lipinski definition) is 0. The first-order valence-corrected chi connectivity index (χ1v) is 12.5. The van der Waals surface area contributed by atoms with Gasteiger partial charge in [0.05, 0.1) is 0 Å². The van der Waals surface area contributed by atoms with Crippen LogP contribution < -0.4 is 0 Å². The highest BCUT2D eigenvalue weighted by atomic mass is 14.1. The van der Waals surface area contributed by atoms with Crippen molar-refractivity contribution in [2.75, 3.05) is 0 Å². The number of unbranched alkanes of at least 4 members (excludes halogenated alkanes) is 14. The van der Waals surface area contributed by atoms with E-state index < -0.39 is 0 Å². The third-order valence-electron chi connectivity index (χ3n) is 5.93. The van der Waals surface area contributed by atoms with Crippen LogP contribution in [0.3, 0.4) is 0 Å². The molecule has 0 saturated carbocycles. The molecule has 0 aromatic heterocycles. The molecule has 0 amide bonds. The lowest BCUT2D eigenvalue weighted by molar-refractivity contribution is 0.419. The zero-order chi connectivity index (χ0) is 19.1. The smallest absolute Gasteiger partial charge is 0.0348 e. The fourth-order valence-corrected chi connectivity index (χ4v) is 3.91. The largest absolute Gasteiger partial charge is 0.0885 e. The first-order valence-electron chi connectivity index (χ1n) is 12.5. The number of rotatable bonds is 21. The molecule has 0 saturated heterocycles. The maximum atomic E-state index is 2.46. The van der Waals surface area contributed by atoms with Crippen molar-refractivity contribution >= 4 is 0 Å². The van der Waals surface area contributed by atoms with Gasteiger partial charge in [0.25, 0.3) is 0 Å². The highest BCUT2D eigenvalue weighted by Crippen LogP contribution is 2.19. The summed E-state index contributed by atoms with van der Waals surface area (Å²) in [4.78, 5) is 0. The Balaban J connectivity index is 3.25. The van der Waals surface area contributed by atoms with Gasteiger partial charge < -0.3 is 0 Å². The predicted molar refractivity (Wildman–Crippen MR) is 122 cm³/mol. The van der Waals surface area contributed by atoms with Crippen LogP contribution in [-0.2, 0) is 0 Å². The van der Waals surface area contributed by atoms with Gasteiger partial charge in [-0.25, -0.2) is 0 Å². The molecule has 0 aromatic rings. The molecule has 26 heavy (non-hydrogen) atoms. The van der Waals surface area contributed by atoms with Gasteiger partial charge in [0, 0.05) is 0 Å². The lowest BCUT2D eigenvalue weighted by Crippen LogP contribution is -1.98. The summed E-state index contributed by atoms with van der Waals surface area (Å²) in [5, 5.41) is 0. The maximum absolute atomic E-state index is 2.46. The first kappa shape index (κ1) is 25.7. The van der Waals surface area contributed by atoms with Crippen LogP contribution in [-0.4, -0.2) is 0 Å². The van der Waals surface area contributed by atoms with E-state index in [0.717, 1.165) is 5.92 Å². The molecule has 0 spiro atoms. The Morgan fingerprint density at radius 2 is 0.923 bits per heavy atom. The molecule has 0 fully saturated rings. The summed E-state index contributed by atoms with van der Waals surface area (Å²) in [5.41, 5.74) is 0. The Morgan fingerprint density at radius 3 is 1.46 bits per heavy atom. The molecule has 0 bridgehead atoms.